The third-order valence-electron chi connectivity index (χ3n) is 4.73. The lowest BCUT2D eigenvalue weighted by molar-refractivity contribution is -0.120. The Morgan fingerprint density at radius 1 is 1.25 bits per heavy atom. The van der Waals surface area contributed by atoms with Gasteiger partial charge in [-0.25, -0.2) is 4.98 Å². The molecule has 1 atom stereocenters. The topological polar surface area (TPSA) is 89.6 Å². The van der Waals surface area contributed by atoms with Crippen LogP contribution in [0, 0.1) is 0 Å². The van der Waals surface area contributed by atoms with Gasteiger partial charge >= 0.3 is 0 Å². The van der Waals surface area contributed by atoms with E-state index in [1.54, 1.807) is 18.2 Å². The Balaban J connectivity index is 1.42. The predicted octanol–water partition coefficient (Wildman–Crippen LogP) is 5.09. The summed E-state index contributed by atoms with van der Waals surface area (Å²) in [5.74, 6) is 0.673. The molecule has 7 nitrogen and oxygen atoms in total. The maximum Gasteiger partial charge on any atom is 0.264 e. The summed E-state index contributed by atoms with van der Waals surface area (Å²) in [5, 5.41) is 8.80. The molecule has 1 aromatic heterocycles. The fraction of sp³-hybridized carbons (Fsp3) is 0.227. The Kier molecular flexibility index (Phi) is 6.83. The van der Waals surface area contributed by atoms with Gasteiger partial charge in [0.15, 0.2) is 11.7 Å². The molecule has 0 radical (unpaired) electrons. The molecule has 1 aliphatic rings. The number of thiazole rings is 1. The van der Waals surface area contributed by atoms with Gasteiger partial charge in [0, 0.05) is 34.9 Å². The molecule has 4 rings (SSSR count). The summed E-state index contributed by atoms with van der Waals surface area (Å²) in [4.78, 5) is 28.3. The van der Waals surface area contributed by atoms with Crippen LogP contribution in [0.25, 0.3) is 11.3 Å². The maximum atomic E-state index is 12.3. The molecule has 2 N–H and O–H groups in total. The number of carbonyl (C=O) groups is 2. The minimum Gasteiger partial charge on any atom is -0.493 e. The van der Waals surface area contributed by atoms with Crippen molar-refractivity contribution in [3.05, 3.63) is 57.4 Å². The van der Waals surface area contributed by atoms with E-state index in [0.29, 0.717) is 39.6 Å². The molecule has 0 bridgehead atoms. The monoisotopic (exact) mass is 491 g/mol. The molecule has 3 aromatic rings. The van der Waals surface area contributed by atoms with E-state index < -0.39 is 0 Å². The highest BCUT2D eigenvalue weighted by molar-refractivity contribution is 7.14. The Morgan fingerprint density at radius 3 is 2.88 bits per heavy atom. The van der Waals surface area contributed by atoms with Crippen LogP contribution in [0.2, 0.25) is 10.0 Å². The van der Waals surface area contributed by atoms with E-state index in [1.165, 1.54) is 18.3 Å². The number of anilines is 1. The van der Waals surface area contributed by atoms with E-state index in [1.807, 2.05) is 23.6 Å². The number of rotatable bonds is 6. The second-order valence-electron chi connectivity index (χ2n) is 7.09. The van der Waals surface area contributed by atoms with Crippen molar-refractivity contribution in [2.24, 2.45) is 0 Å². The van der Waals surface area contributed by atoms with Gasteiger partial charge in [-0.1, -0.05) is 23.2 Å². The van der Waals surface area contributed by atoms with Crippen LogP contribution in [0.15, 0.2) is 41.8 Å². The normalized spacial score (nSPS) is 14.8. The quantitative estimate of drug-likeness (QED) is 0.500. The lowest BCUT2D eigenvalue weighted by Gasteiger charge is -2.26. The first-order chi connectivity index (χ1) is 15.4. The second-order valence-corrected chi connectivity index (χ2v) is 8.79. The average molecular weight is 492 g/mol. The van der Waals surface area contributed by atoms with E-state index in [9.17, 15) is 9.59 Å². The molecule has 2 heterocycles. The van der Waals surface area contributed by atoms with Crippen molar-refractivity contribution in [1.29, 1.82) is 0 Å². The highest BCUT2D eigenvalue weighted by Gasteiger charge is 2.23. The van der Waals surface area contributed by atoms with Crippen molar-refractivity contribution >= 4 is 51.5 Å². The second kappa shape index (κ2) is 9.77. The van der Waals surface area contributed by atoms with E-state index >= 15 is 0 Å². The molecule has 2 aromatic carbocycles. The molecule has 0 spiro atoms. The SMILES string of the molecule is CC(=O)NC1CCOc2ccc(-c3csc(NC(=O)COc4ccc(Cl)cc4Cl)n3)cc21. The van der Waals surface area contributed by atoms with Crippen LogP contribution >= 0.6 is 34.5 Å². The van der Waals surface area contributed by atoms with Crippen LogP contribution in [-0.2, 0) is 9.59 Å². The Bertz CT molecular complexity index is 1170. The number of ether oxygens (including phenoxy) is 2. The number of carbonyl (C=O) groups excluding carboxylic acids is 2. The van der Waals surface area contributed by atoms with Gasteiger partial charge in [0.2, 0.25) is 5.91 Å². The van der Waals surface area contributed by atoms with Crippen molar-refractivity contribution in [3.8, 4) is 22.8 Å². The van der Waals surface area contributed by atoms with Gasteiger partial charge in [0.1, 0.15) is 11.5 Å². The minimum atomic E-state index is -0.360. The van der Waals surface area contributed by atoms with Gasteiger partial charge in [0.05, 0.1) is 23.4 Å². The highest BCUT2D eigenvalue weighted by Crippen LogP contribution is 2.36. The third-order valence-corrected chi connectivity index (χ3v) is 6.01. The van der Waals surface area contributed by atoms with Crippen molar-refractivity contribution < 1.29 is 19.1 Å². The third kappa shape index (κ3) is 5.32. The lowest BCUT2D eigenvalue weighted by atomic mass is 9.97. The highest BCUT2D eigenvalue weighted by atomic mass is 35.5. The van der Waals surface area contributed by atoms with Gasteiger partial charge in [-0.15, -0.1) is 11.3 Å². The molecule has 0 fully saturated rings. The molecular formula is C22H19Cl2N3O4S. The summed E-state index contributed by atoms with van der Waals surface area (Å²) in [7, 11) is 0. The van der Waals surface area contributed by atoms with Gasteiger partial charge < -0.3 is 14.8 Å². The average Bonchev–Trinajstić information content (AvgIpc) is 3.21. The lowest BCUT2D eigenvalue weighted by Crippen LogP contribution is -2.30. The number of nitrogens with one attached hydrogen (secondary N) is 2. The molecule has 0 saturated heterocycles. The summed E-state index contributed by atoms with van der Waals surface area (Å²) in [5.41, 5.74) is 2.49. The van der Waals surface area contributed by atoms with Crippen LogP contribution in [0.3, 0.4) is 0 Å². The molecule has 32 heavy (non-hydrogen) atoms. The van der Waals surface area contributed by atoms with Gasteiger partial charge in [-0.05, 0) is 36.4 Å². The van der Waals surface area contributed by atoms with Crippen molar-refractivity contribution in [2.75, 3.05) is 18.5 Å². The largest absolute Gasteiger partial charge is 0.493 e. The molecule has 1 unspecified atom stereocenters. The molecule has 0 aliphatic carbocycles. The van der Waals surface area contributed by atoms with E-state index in [-0.39, 0.29) is 24.5 Å². The number of halogens is 2. The van der Waals surface area contributed by atoms with E-state index in [2.05, 4.69) is 15.6 Å². The fourth-order valence-corrected chi connectivity index (χ4v) is 4.50. The first kappa shape index (κ1) is 22.4. The number of hydrogen-bond acceptors (Lipinski definition) is 6. The summed E-state index contributed by atoms with van der Waals surface area (Å²) in [6, 6.07) is 10.4. The Morgan fingerprint density at radius 2 is 2.09 bits per heavy atom. The van der Waals surface area contributed by atoms with Crippen molar-refractivity contribution in [3.63, 3.8) is 0 Å². The van der Waals surface area contributed by atoms with E-state index in [0.717, 1.165) is 16.9 Å². The molecular weight excluding hydrogens is 473 g/mol. The molecule has 1 aliphatic heterocycles. The van der Waals surface area contributed by atoms with Crippen molar-refractivity contribution in [1.82, 2.24) is 10.3 Å². The smallest absolute Gasteiger partial charge is 0.264 e. The predicted molar refractivity (Wildman–Crippen MR) is 125 cm³/mol. The van der Waals surface area contributed by atoms with Crippen molar-refractivity contribution in [2.45, 2.75) is 19.4 Å². The molecule has 0 saturated carbocycles. The summed E-state index contributed by atoms with van der Waals surface area (Å²) in [6.45, 7) is 1.83. The standard InChI is InChI=1S/C22H19Cl2N3O4S/c1-12(28)25-17-6-7-30-19-4-2-13(8-15(17)19)18-11-32-22(26-18)27-21(29)10-31-20-5-3-14(23)9-16(20)24/h2-5,8-9,11,17H,6-7,10H2,1H3,(H,25,28)(H,26,27,29). The summed E-state index contributed by atoms with van der Waals surface area (Å²) >= 11 is 13.2. The maximum absolute atomic E-state index is 12.3. The molecule has 2 amide bonds. The minimum absolute atomic E-state index is 0.0889. The zero-order valence-electron chi connectivity index (χ0n) is 17.0. The molecule has 10 heteroatoms. The number of aromatic nitrogens is 1. The van der Waals surface area contributed by atoms with Gasteiger partial charge in [-0.3, -0.25) is 14.9 Å². The molecule has 166 valence electrons. The Hall–Kier alpha value is -2.81. The number of benzene rings is 2. The summed E-state index contributed by atoms with van der Waals surface area (Å²) < 4.78 is 11.2. The van der Waals surface area contributed by atoms with Crippen LogP contribution in [0.4, 0.5) is 5.13 Å². The number of hydrogen-bond donors (Lipinski definition) is 2. The zero-order chi connectivity index (χ0) is 22.7. The number of nitrogens with zero attached hydrogens (tertiary/aromatic N) is 1. The van der Waals surface area contributed by atoms with Crippen LogP contribution in [0.1, 0.15) is 24.9 Å². The first-order valence-corrected chi connectivity index (χ1v) is 11.4. The zero-order valence-corrected chi connectivity index (χ0v) is 19.3. The van der Waals surface area contributed by atoms with Crippen LogP contribution in [-0.4, -0.2) is 30.0 Å². The van der Waals surface area contributed by atoms with Crippen LogP contribution in [0.5, 0.6) is 11.5 Å². The number of fused-ring (bicyclic) bond motifs is 1. The Labute approximate surface area is 198 Å². The van der Waals surface area contributed by atoms with Gasteiger partial charge in [-0.2, -0.15) is 0 Å². The fourth-order valence-electron chi connectivity index (χ4n) is 3.30. The van der Waals surface area contributed by atoms with Gasteiger partial charge in [0.25, 0.3) is 5.91 Å². The number of amides is 2. The van der Waals surface area contributed by atoms with E-state index in [4.69, 9.17) is 32.7 Å². The van der Waals surface area contributed by atoms with Crippen LogP contribution < -0.4 is 20.1 Å². The summed E-state index contributed by atoms with van der Waals surface area (Å²) in [6.07, 6.45) is 0.700. The first-order valence-electron chi connectivity index (χ1n) is 9.76.